The minimum absolute atomic E-state index is 0.155. The zero-order chi connectivity index (χ0) is 8.55. The molecule has 0 fully saturated rings. The zero-order valence-corrected chi connectivity index (χ0v) is 7.80. The van der Waals surface area contributed by atoms with E-state index in [-0.39, 0.29) is 11.3 Å². The molecule has 2 rings (SSSR count). The molecule has 4 nitrogen and oxygen atoms in total. The molecule has 1 atom stereocenters. The number of fused-ring (bicyclic) bond motifs is 1. The Morgan fingerprint density at radius 2 is 2.42 bits per heavy atom. The molecule has 0 N–H and O–H groups in total. The van der Waals surface area contributed by atoms with Gasteiger partial charge in [0.2, 0.25) is 5.29 Å². The summed E-state index contributed by atoms with van der Waals surface area (Å²) in [5.74, 6) is 0.638. The molecule has 2 aliphatic heterocycles. The van der Waals surface area contributed by atoms with E-state index in [0.717, 1.165) is 5.04 Å². The van der Waals surface area contributed by atoms with Crippen LogP contribution in [0, 0.1) is 0 Å². The van der Waals surface area contributed by atoms with Gasteiger partial charge in [0, 0.05) is 0 Å². The smallest absolute Gasteiger partial charge is 0.220 e. The first-order valence-electron chi connectivity index (χ1n) is 3.27. The molecule has 0 aromatic carbocycles. The highest BCUT2D eigenvalue weighted by atomic mass is 35.5. The molecule has 2 heterocycles. The number of hydrogen-bond acceptors (Lipinski definition) is 5. The summed E-state index contributed by atoms with van der Waals surface area (Å²) >= 11 is 7.17. The van der Waals surface area contributed by atoms with Gasteiger partial charge in [0.1, 0.15) is 11.4 Å². The first kappa shape index (κ1) is 7.94. The highest BCUT2D eigenvalue weighted by Crippen LogP contribution is 2.18. The fourth-order valence-corrected chi connectivity index (χ4v) is 1.71. The van der Waals surface area contributed by atoms with Gasteiger partial charge in [-0.2, -0.15) is 0 Å². The van der Waals surface area contributed by atoms with E-state index in [0.29, 0.717) is 5.84 Å². The van der Waals surface area contributed by atoms with Crippen LogP contribution in [0.4, 0.5) is 0 Å². The monoisotopic (exact) mass is 200 g/mol. The fourth-order valence-electron chi connectivity index (χ4n) is 0.994. The number of hydrogen-bond donors (Lipinski definition) is 0. The Morgan fingerprint density at radius 1 is 1.58 bits per heavy atom. The van der Waals surface area contributed by atoms with Crippen molar-refractivity contribution in [1.29, 1.82) is 0 Å². The summed E-state index contributed by atoms with van der Waals surface area (Å²) in [5, 5.41) is 1.15. The maximum absolute atomic E-state index is 5.63. The van der Waals surface area contributed by atoms with E-state index in [4.69, 9.17) is 11.6 Å². The van der Waals surface area contributed by atoms with Gasteiger partial charge in [0.05, 0.1) is 0 Å². The summed E-state index contributed by atoms with van der Waals surface area (Å²) in [6.07, 6.45) is 3.42. The summed E-state index contributed by atoms with van der Waals surface area (Å²) in [6.45, 7) is 0. The summed E-state index contributed by atoms with van der Waals surface area (Å²) in [6, 6.07) is -0.155. The minimum Gasteiger partial charge on any atom is -0.237 e. The average Bonchev–Trinajstić information content (AvgIpc) is 2.44. The number of aliphatic imine (C=N–C) groups is 4. The average molecular weight is 201 g/mol. The molecule has 0 spiro atoms. The van der Waals surface area contributed by atoms with Crippen molar-refractivity contribution in [3.8, 4) is 0 Å². The predicted octanol–water partition coefficient (Wildman–Crippen LogP) is 1.17. The first-order chi connectivity index (χ1) is 5.81. The highest BCUT2D eigenvalue weighted by molar-refractivity contribution is 8.13. The molecule has 62 valence electrons. The Balaban J connectivity index is 2.37. The molecule has 0 radical (unpaired) electrons. The summed E-state index contributed by atoms with van der Waals surface area (Å²) in [4.78, 5) is 16.1. The molecule has 6 heteroatoms. The van der Waals surface area contributed by atoms with Crippen LogP contribution >= 0.6 is 23.4 Å². The third-order valence-corrected chi connectivity index (χ3v) is 2.43. The molecular formula is C6H5ClN4S. The van der Waals surface area contributed by atoms with Crippen molar-refractivity contribution in [2.45, 2.75) is 6.04 Å². The van der Waals surface area contributed by atoms with Crippen molar-refractivity contribution in [2.24, 2.45) is 20.0 Å². The van der Waals surface area contributed by atoms with Crippen molar-refractivity contribution in [2.75, 3.05) is 6.26 Å². The van der Waals surface area contributed by atoms with Gasteiger partial charge in [-0.05, 0) is 17.9 Å². The second kappa shape index (κ2) is 2.99. The van der Waals surface area contributed by atoms with Crippen LogP contribution in [0.15, 0.2) is 20.0 Å². The van der Waals surface area contributed by atoms with Gasteiger partial charge in [0.25, 0.3) is 0 Å². The third kappa shape index (κ3) is 1.19. The van der Waals surface area contributed by atoms with Gasteiger partial charge in [-0.1, -0.05) is 0 Å². The lowest BCUT2D eigenvalue weighted by atomic mass is 10.3. The normalized spacial score (nSPS) is 26.2. The molecule has 1 unspecified atom stereocenters. The number of halogens is 1. The highest BCUT2D eigenvalue weighted by Gasteiger charge is 2.28. The van der Waals surface area contributed by atoms with Gasteiger partial charge in [-0.15, -0.1) is 11.8 Å². The minimum atomic E-state index is -0.155. The Labute approximate surface area is 78.6 Å². The molecule has 0 saturated carbocycles. The lowest BCUT2D eigenvalue weighted by Gasteiger charge is -2.10. The molecule has 0 aliphatic carbocycles. The maximum atomic E-state index is 5.63. The number of rotatable bonds is 0. The summed E-state index contributed by atoms with van der Waals surface area (Å²) in [5.41, 5.74) is 0. The van der Waals surface area contributed by atoms with Gasteiger partial charge < -0.3 is 0 Å². The first-order valence-corrected chi connectivity index (χ1v) is 4.87. The van der Waals surface area contributed by atoms with Crippen LogP contribution in [0.5, 0.6) is 0 Å². The SMILES string of the molecule is CSC1=NC=NC2=NC(Cl)=NC21. The Kier molecular flexibility index (Phi) is 1.98. The largest absolute Gasteiger partial charge is 0.237 e. The molecule has 12 heavy (non-hydrogen) atoms. The van der Waals surface area contributed by atoms with Crippen LogP contribution in [0.1, 0.15) is 0 Å². The Bertz CT molecular complexity index is 330. The quantitative estimate of drug-likeness (QED) is 0.542. The van der Waals surface area contributed by atoms with Gasteiger partial charge in [-0.3, -0.25) is 0 Å². The van der Waals surface area contributed by atoms with Crippen molar-refractivity contribution in [1.82, 2.24) is 0 Å². The number of nitrogens with zero attached hydrogens (tertiary/aromatic N) is 4. The lowest BCUT2D eigenvalue weighted by Crippen LogP contribution is -2.25. The van der Waals surface area contributed by atoms with E-state index in [1.54, 1.807) is 0 Å². The second-order valence-corrected chi connectivity index (χ2v) is 3.35. The van der Waals surface area contributed by atoms with E-state index in [1.807, 2.05) is 6.26 Å². The van der Waals surface area contributed by atoms with E-state index in [1.165, 1.54) is 18.1 Å². The van der Waals surface area contributed by atoms with Crippen LogP contribution < -0.4 is 0 Å². The van der Waals surface area contributed by atoms with Gasteiger partial charge in [0.15, 0.2) is 11.9 Å². The third-order valence-electron chi connectivity index (χ3n) is 1.51. The standard InChI is InChI=1S/C6H5ClN4S/c1-12-5-3-4(8-2-9-5)11-6(7)10-3/h2-3H,1H3. The van der Waals surface area contributed by atoms with E-state index in [9.17, 15) is 0 Å². The molecule has 0 aromatic heterocycles. The fraction of sp³-hybridized carbons (Fsp3) is 0.333. The van der Waals surface area contributed by atoms with E-state index >= 15 is 0 Å². The summed E-state index contributed by atoms with van der Waals surface area (Å²) in [7, 11) is 0. The molecule has 0 aromatic rings. The van der Waals surface area contributed by atoms with Crippen molar-refractivity contribution in [3.05, 3.63) is 0 Å². The van der Waals surface area contributed by atoms with Crippen LogP contribution in [-0.2, 0) is 0 Å². The topological polar surface area (TPSA) is 49.4 Å². The Hall–Kier alpha value is -0.680. The summed E-state index contributed by atoms with van der Waals surface area (Å²) < 4.78 is 0. The molecule has 0 amide bonds. The van der Waals surface area contributed by atoms with Crippen LogP contribution in [0.25, 0.3) is 0 Å². The van der Waals surface area contributed by atoms with Crippen LogP contribution in [0.3, 0.4) is 0 Å². The van der Waals surface area contributed by atoms with Crippen molar-refractivity contribution >= 4 is 45.9 Å². The Morgan fingerprint density at radius 3 is 3.17 bits per heavy atom. The molecule has 2 aliphatic rings. The number of thioether (sulfide) groups is 1. The number of amidine groups is 2. The molecule has 0 saturated heterocycles. The van der Waals surface area contributed by atoms with Crippen LogP contribution in [0.2, 0.25) is 0 Å². The van der Waals surface area contributed by atoms with Gasteiger partial charge >= 0.3 is 0 Å². The maximum Gasteiger partial charge on any atom is 0.220 e. The zero-order valence-electron chi connectivity index (χ0n) is 6.23. The van der Waals surface area contributed by atoms with E-state index in [2.05, 4.69) is 20.0 Å². The van der Waals surface area contributed by atoms with E-state index < -0.39 is 0 Å². The van der Waals surface area contributed by atoms with Gasteiger partial charge in [-0.25, -0.2) is 20.0 Å². The lowest BCUT2D eigenvalue weighted by molar-refractivity contribution is 1.16. The van der Waals surface area contributed by atoms with Crippen LogP contribution in [-0.4, -0.2) is 34.8 Å². The van der Waals surface area contributed by atoms with Crippen molar-refractivity contribution < 1.29 is 0 Å². The second-order valence-electron chi connectivity index (χ2n) is 2.19. The molecule has 0 bridgehead atoms. The van der Waals surface area contributed by atoms with Crippen molar-refractivity contribution in [3.63, 3.8) is 0 Å². The molecular weight excluding hydrogens is 196 g/mol. The predicted molar refractivity (Wildman–Crippen MR) is 54.0 cm³/mol.